The lowest BCUT2D eigenvalue weighted by Crippen LogP contribution is -2.44. The van der Waals surface area contributed by atoms with Crippen molar-refractivity contribution in [3.05, 3.63) is 29.8 Å². The lowest BCUT2D eigenvalue weighted by Gasteiger charge is -2.35. The summed E-state index contributed by atoms with van der Waals surface area (Å²) in [4.78, 5) is 15.1. The first kappa shape index (κ1) is 18.4. The highest BCUT2D eigenvalue weighted by molar-refractivity contribution is 5.93. The molecule has 1 saturated carbocycles. The second-order valence-corrected chi connectivity index (χ2v) is 7.63. The van der Waals surface area contributed by atoms with Crippen LogP contribution in [0.25, 0.3) is 0 Å². The fourth-order valence-electron chi connectivity index (χ4n) is 4.32. The number of morpholine rings is 1. The molecule has 0 radical (unpaired) electrons. The Labute approximate surface area is 150 Å². The summed E-state index contributed by atoms with van der Waals surface area (Å²) in [5.74, 6) is 0.513. The van der Waals surface area contributed by atoms with Crippen molar-refractivity contribution in [2.24, 2.45) is 17.6 Å². The van der Waals surface area contributed by atoms with Gasteiger partial charge in [-0.1, -0.05) is 24.6 Å². The molecule has 0 spiro atoms. The number of carbonyl (C=O) groups excluding carboxylic acids is 1. The van der Waals surface area contributed by atoms with Gasteiger partial charge in [0.1, 0.15) is 0 Å². The molecule has 2 aliphatic rings. The number of nitrogens with zero attached hydrogens (tertiary/aromatic N) is 1. The molecule has 5 heteroatoms. The molecule has 1 aliphatic heterocycles. The number of carbonyl (C=O) groups is 1. The molecule has 5 nitrogen and oxygen atoms in total. The molecule has 1 saturated heterocycles. The lowest BCUT2D eigenvalue weighted by molar-refractivity contribution is -0.120. The number of ether oxygens (including phenoxy) is 1. The van der Waals surface area contributed by atoms with Gasteiger partial charge in [0.15, 0.2) is 0 Å². The molecule has 1 heterocycles. The average Bonchev–Trinajstić information content (AvgIpc) is 3.04. The van der Waals surface area contributed by atoms with Crippen LogP contribution >= 0.6 is 0 Å². The van der Waals surface area contributed by atoms with Crippen molar-refractivity contribution in [2.45, 2.75) is 51.9 Å². The van der Waals surface area contributed by atoms with Gasteiger partial charge in [0.2, 0.25) is 5.91 Å². The highest BCUT2D eigenvalue weighted by Gasteiger charge is 2.32. The topological polar surface area (TPSA) is 67.6 Å². The van der Waals surface area contributed by atoms with E-state index < -0.39 is 0 Å². The van der Waals surface area contributed by atoms with Gasteiger partial charge in [-0.2, -0.15) is 0 Å². The Balaban J connectivity index is 1.67. The monoisotopic (exact) mass is 345 g/mol. The van der Waals surface area contributed by atoms with E-state index in [4.69, 9.17) is 10.5 Å². The van der Waals surface area contributed by atoms with Crippen LogP contribution in [0.1, 0.15) is 38.7 Å². The zero-order chi connectivity index (χ0) is 17.8. The van der Waals surface area contributed by atoms with E-state index in [-0.39, 0.29) is 24.0 Å². The van der Waals surface area contributed by atoms with E-state index in [0.717, 1.165) is 44.6 Å². The van der Waals surface area contributed by atoms with Crippen molar-refractivity contribution < 1.29 is 9.53 Å². The number of nitrogens with one attached hydrogen (secondary N) is 1. The number of hydrogen-bond donors (Lipinski definition) is 2. The van der Waals surface area contributed by atoms with E-state index in [1.165, 1.54) is 5.56 Å². The summed E-state index contributed by atoms with van der Waals surface area (Å²) >= 11 is 0. The van der Waals surface area contributed by atoms with Crippen molar-refractivity contribution in [3.63, 3.8) is 0 Å². The highest BCUT2D eigenvalue weighted by atomic mass is 16.5. The molecule has 2 fully saturated rings. The van der Waals surface area contributed by atoms with Crippen LogP contribution in [0.5, 0.6) is 0 Å². The maximum atomic E-state index is 12.7. The van der Waals surface area contributed by atoms with Gasteiger partial charge in [-0.05, 0) is 50.8 Å². The number of nitrogens with two attached hydrogens (primary N) is 1. The summed E-state index contributed by atoms with van der Waals surface area (Å²) in [6, 6.07) is 8.14. The number of hydrogen-bond acceptors (Lipinski definition) is 4. The zero-order valence-electron chi connectivity index (χ0n) is 15.4. The second kappa shape index (κ2) is 8.30. The van der Waals surface area contributed by atoms with Crippen molar-refractivity contribution in [2.75, 3.05) is 25.0 Å². The standard InChI is InChI=1S/C20H31N3O2/c1-14-11-23(12-15(2)25-14)13-17-6-3-4-9-19(17)22-20(24)18-8-5-7-16(18)10-21/h3-4,6,9,14-16,18H,5,7-8,10-13,21H2,1-2H3,(H,22,24)/t14?,15?,16-,18-/m1/s1. The molecule has 4 atom stereocenters. The van der Waals surface area contributed by atoms with Gasteiger partial charge in [-0.25, -0.2) is 0 Å². The SMILES string of the molecule is CC1CN(Cc2ccccc2NC(=O)[C@@H]2CCC[C@@H]2CN)CC(C)O1. The van der Waals surface area contributed by atoms with E-state index in [0.29, 0.717) is 12.5 Å². The number of anilines is 1. The maximum Gasteiger partial charge on any atom is 0.227 e. The summed E-state index contributed by atoms with van der Waals surface area (Å²) < 4.78 is 5.82. The molecule has 0 bridgehead atoms. The summed E-state index contributed by atoms with van der Waals surface area (Å²) in [5.41, 5.74) is 7.93. The molecule has 2 unspecified atom stereocenters. The van der Waals surface area contributed by atoms with Crippen molar-refractivity contribution >= 4 is 11.6 Å². The molecule has 3 N–H and O–H groups in total. The van der Waals surface area contributed by atoms with Crippen LogP contribution in [0, 0.1) is 11.8 Å². The molecular weight excluding hydrogens is 314 g/mol. The quantitative estimate of drug-likeness (QED) is 0.861. The fraction of sp³-hybridized carbons (Fsp3) is 0.650. The summed E-state index contributed by atoms with van der Waals surface area (Å²) in [7, 11) is 0. The Bertz CT molecular complexity index is 582. The van der Waals surface area contributed by atoms with Gasteiger partial charge in [0, 0.05) is 31.2 Å². The minimum Gasteiger partial charge on any atom is -0.373 e. The number of rotatable bonds is 5. The van der Waals surface area contributed by atoms with E-state index >= 15 is 0 Å². The van der Waals surface area contributed by atoms with Crippen molar-refractivity contribution in [3.8, 4) is 0 Å². The Morgan fingerprint density at radius 2 is 1.96 bits per heavy atom. The first-order valence-electron chi connectivity index (χ1n) is 9.53. The maximum absolute atomic E-state index is 12.7. The van der Waals surface area contributed by atoms with Gasteiger partial charge >= 0.3 is 0 Å². The number of amides is 1. The second-order valence-electron chi connectivity index (χ2n) is 7.63. The van der Waals surface area contributed by atoms with Crippen LogP contribution in [0.4, 0.5) is 5.69 Å². The van der Waals surface area contributed by atoms with Crippen LogP contribution in [0.3, 0.4) is 0 Å². The first-order chi connectivity index (χ1) is 12.1. The van der Waals surface area contributed by atoms with E-state index in [1.54, 1.807) is 0 Å². The fourth-order valence-corrected chi connectivity index (χ4v) is 4.32. The minimum absolute atomic E-state index is 0.0569. The summed E-state index contributed by atoms with van der Waals surface area (Å²) in [5, 5.41) is 3.18. The van der Waals surface area contributed by atoms with Crippen LogP contribution in [-0.4, -0.2) is 42.6 Å². The van der Waals surface area contributed by atoms with Gasteiger partial charge in [0.25, 0.3) is 0 Å². The predicted octanol–water partition coefficient (Wildman–Crippen LogP) is 2.61. The molecular formula is C20H31N3O2. The van der Waals surface area contributed by atoms with Crippen LogP contribution < -0.4 is 11.1 Å². The molecule has 0 aromatic heterocycles. The highest BCUT2D eigenvalue weighted by Crippen LogP contribution is 2.32. The summed E-state index contributed by atoms with van der Waals surface area (Å²) in [6.07, 6.45) is 3.61. The molecule has 25 heavy (non-hydrogen) atoms. The lowest BCUT2D eigenvalue weighted by atomic mass is 9.95. The predicted molar refractivity (Wildman–Crippen MR) is 100 cm³/mol. The van der Waals surface area contributed by atoms with Crippen molar-refractivity contribution in [1.29, 1.82) is 0 Å². The molecule has 3 rings (SSSR count). The Morgan fingerprint density at radius 3 is 2.68 bits per heavy atom. The van der Waals surface area contributed by atoms with Crippen LogP contribution in [0.15, 0.2) is 24.3 Å². The molecule has 1 aromatic rings. The summed E-state index contributed by atoms with van der Waals surface area (Å²) in [6.45, 7) is 7.50. The third-order valence-corrected chi connectivity index (χ3v) is 5.46. The van der Waals surface area contributed by atoms with Gasteiger partial charge in [0.05, 0.1) is 12.2 Å². The van der Waals surface area contributed by atoms with Crippen LogP contribution in [-0.2, 0) is 16.1 Å². The third-order valence-electron chi connectivity index (χ3n) is 5.46. The van der Waals surface area contributed by atoms with E-state index in [9.17, 15) is 4.79 Å². The Morgan fingerprint density at radius 1 is 1.24 bits per heavy atom. The number of para-hydroxylation sites is 1. The third kappa shape index (κ3) is 4.60. The first-order valence-corrected chi connectivity index (χ1v) is 9.53. The minimum atomic E-state index is 0.0569. The average molecular weight is 345 g/mol. The Kier molecular flexibility index (Phi) is 6.10. The van der Waals surface area contributed by atoms with Gasteiger partial charge in [-0.15, -0.1) is 0 Å². The van der Waals surface area contributed by atoms with E-state index in [1.807, 2.05) is 18.2 Å². The smallest absolute Gasteiger partial charge is 0.227 e. The van der Waals surface area contributed by atoms with Crippen LogP contribution in [0.2, 0.25) is 0 Å². The molecule has 1 amide bonds. The molecule has 138 valence electrons. The number of benzene rings is 1. The normalized spacial score (nSPS) is 30.4. The van der Waals surface area contributed by atoms with E-state index in [2.05, 4.69) is 30.1 Å². The largest absolute Gasteiger partial charge is 0.373 e. The van der Waals surface area contributed by atoms with Gasteiger partial charge in [-0.3, -0.25) is 9.69 Å². The Hall–Kier alpha value is -1.43. The van der Waals surface area contributed by atoms with Crippen molar-refractivity contribution in [1.82, 2.24) is 4.90 Å². The zero-order valence-corrected chi connectivity index (χ0v) is 15.4. The molecule has 1 aliphatic carbocycles. The van der Waals surface area contributed by atoms with Gasteiger partial charge < -0.3 is 15.8 Å². The molecule has 1 aromatic carbocycles.